The summed E-state index contributed by atoms with van der Waals surface area (Å²) in [6.45, 7) is 13.1. The fourth-order valence-electron chi connectivity index (χ4n) is 3.45. The van der Waals surface area contributed by atoms with E-state index in [9.17, 15) is 14.7 Å². The highest BCUT2D eigenvalue weighted by molar-refractivity contribution is 6.22. The van der Waals surface area contributed by atoms with Gasteiger partial charge < -0.3 is 9.84 Å². The summed E-state index contributed by atoms with van der Waals surface area (Å²) in [7, 11) is 0. The fourth-order valence-corrected chi connectivity index (χ4v) is 3.45. The minimum Gasteiger partial charge on any atom is -0.511 e. The van der Waals surface area contributed by atoms with E-state index in [4.69, 9.17) is 9.73 Å². The van der Waals surface area contributed by atoms with Crippen LogP contribution in [0.3, 0.4) is 0 Å². The Balaban J connectivity index is 3.40. The van der Waals surface area contributed by atoms with Gasteiger partial charge in [-0.15, -0.1) is 0 Å². The third-order valence-corrected chi connectivity index (χ3v) is 4.82. The van der Waals surface area contributed by atoms with Gasteiger partial charge in [-0.2, -0.15) is 0 Å². The van der Waals surface area contributed by atoms with E-state index in [0.29, 0.717) is 31.5 Å². The Labute approximate surface area is 186 Å². The first kappa shape index (κ1) is 26.5. The Morgan fingerprint density at radius 1 is 1.26 bits per heavy atom. The number of ketones is 1. The number of hydrogen-bond donors (Lipinski definition) is 1. The van der Waals surface area contributed by atoms with Crippen molar-refractivity contribution in [3.8, 4) is 0 Å². The van der Waals surface area contributed by atoms with Gasteiger partial charge in [0.05, 0.1) is 5.57 Å². The summed E-state index contributed by atoms with van der Waals surface area (Å²) in [5.41, 5.74) is 1.15. The number of hydrogen-bond acceptors (Lipinski definition) is 7. The highest BCUT2D eigenvalue weighted by Crippen LogP contribution is 2.36. The zero-order valence-corrected chi connectivity index (χ0v) is 20.0. The van der Waals surface area contributed by atoms with Gasteiger partial charge in [-0.05, 0) is 32.6 Å². The summed E-state index contributed by atoms with van der Waals surface area (Å²) in [5, 5.41) is 10.5. The first-order chi connectivity index (χ1) is 14.5. The maximum absolute atomic E-state index is 12.7. The molecule has 1 rings (SSSR count). The van der Waals surface area contributed by atoms with E-state index in [2.05, 4.69) is 16.9 Å². The van der Waals surface area contributed by atoms with E-state index >= 15 is 0 Å². The molecule has 172 valence electrons. The predicted octanol–water partition coefficient (Wildman–Crippen LogP) is 5.16. The van der Waals surface area contributed by atoms with Crippen molar-refractivity contribution >= 4 is 29.6 Å². The molecule has 0 amide bonds. The van der Waals surface area contributed by atoms with Crippen LogP contribution in [0.25, 0.3) is 0 Å². The zero-order valence-electron chi connectivity index (χ0n) is 20.0. The van der Waals surface area contributed by atoms with Crippen LogP contribution in [0.1, 0.15) is 80.6 Å². The number of nitrogens with zero attached hydrogens (tertiary/aromatic N) is 3. The number of allylic oxidation sites excluding steroid dienone is 3. The van der Waals surface area contributed by atoms with Crippen molar-refractivity contribution in [2.24, 2.45) is 20.4 Å². The van der Waals surface area contributed by atoms with Crippen molar-refractivity contribution in [2.45, 2.75) is 86.6 Å². The van der Waals surface area contributed by atoms with Crippen LogP contribution in [-0.4, -0.2) is 47.3 Å². The van der Waals surface area contributed by atoms with E-state index < -0.39 is 12.0 Å². The van der Waals surface area contributed by atoms with Gasteiger partial charge in [0, 0.05) is 50.4 Å². The molecule has 0 radical (unpaired) electrons. The molecule has 0 bridgehead atoms. The Bertz CT molecular complexity index is 817. The molecule has 7 heteroatoms. The molecule has 7 nitrogen and oxygen atoms in total. The summed E-state index contributed by atoms with van der Waals surface area (Å²) in [6.07, 6.45) is 6.68. The van der Waals surface area contributed by atoms with Crippen LogP contribution >= 0.6 is 0 Å². The summed E-state index contributed by atoms with van der Waals surface area (Å²) < 4.78 is 5.36. The minimum atomic E-state index is -0.642. The van der Waals surface area contributed by atoms with Crippen molar-refractivity contribution in [2.75, 3.05) is 6.54 Å². The lowest BCUT2D eigenvalue weighted by Crippen LogP contribution is -2.30. The van der Waals surface area contributed by atoms with E-state index in [1.54, 1.807) is 6.92 Å². The first-order valence-corrected chi connectivity index (χ1v) is 10.9. The molecule has 0 aromatic heterocycles. The van der Waals surface area contributed by atoms with Gasteiger partial charge >= 0.3 is 5.97 Å². The molecule has 31 heavy (non-hydrogen) atoms. The molecule has 0 heterocycles. The van der Waals surface area contributed by atoms with Crippen LogP contribution in [0.5, 0.6) is 0 Å². The highest BCUT2D eigenvalue weighted by Gasteiger charge is 2.34. The fraction of sp³-hybridized carbons (Fsp3) is 0.625. The number of rotatable bonds is 9. The molecule has 0 spiro atoms. The van der Waals surface area contributed by atoms with Crippen LogP contribution in [0.4, 0.5) is 0 Å². The van der Waals surface area contributed by atoms with Crippen LogP contribution in [0.15, 0.2) is 38.1 Å². The number of esters is 1. The van der Waals surface area contributed by atoms with Crippen molar-refractivity contribution < 1.29 is 19.4 Å². The number of aliphatic imine (C=N–C) groups is 3. The average Bonchev–Trinajstić information content (AvgIpc) is 2.64. The van der Waals surface area contributed by atoms with Crippen LogP contribution in [0.2, 0.25) is 0 Å². The highest BCUT2D eigenvalue weighted by atomic mass is 16.5. The molecule has 0 aromatic rings. The molecule has 1 aliphatic carbocycles. The lowest BCUT2D eigenvalue weighted by molar-refractivity contribution is -0.133. The van der Waals surface area contributed by atoms with Crippen LogP contribution in [0, 0.1) is 5.41 Å². The third-order valence-electron chi connectivity index (χ3n) is 4.82. The van der Waals surface area contributed by atoms with Gasteiger partial charge in [-0.25, -0.2) is 0 Å². The summed E-state index contributed by atoms with van der Waals surface area (Å²) >= 11 is 0. The second kappa shape index (κ2) is 12.3. The molecule has 0 saturated carbocycles. The Morgan fingerprint density at radius 3 is 2.45 bits per heavy atom. The predicted molar refractivity (Wildman–Crippen MR) is 126 cm³/mol. The van der Waals surface area contributed by atoms with Crippen molar-refractivity contribution in [1.82, 2.24) is 0 Å². The molecule has 1 N–H and O–H groups in total. The third kappa shape index (κ3) is 8.59. The first-order valence-electron chi connectivity index (χ1n) is 10.9. The lowest BCUT2D eigenvalue weighted by Gasteiger charge is -2.29. The molecule has 1 atom stereocenters. The maximum atomic E-state index is 12.7. The zero-order chi connectivity index (χ0) is 23.6. The largest absolute Gasteiger partial charge is 0.511 e. The maximum Gasteiger partial charge on any atom is 0.309 e. The van der Waals surface area contributed by atoms with E-state index in [1.165, 1.54) is 6.92 Å². The van der Waals surface area contributed by atoms with E-state index in [1.807, 2.05) is 40.0 Å². The molecule has 0 aliphatic heterocycles. The number of carbonyl (C=O) groups excluding carboxylic acids is 2. The summed E-state index contributed by atoms with van der Waals surface area (Å²) in [5.74, 6) is -0.389. The standard InChI is InChI=1S/C24H37N3O4/c1-8-11-12-26-18(9-2)13-19(23(25-10-3)31-17(5)28)27-16(4)22-20(29)14-24(6,7)15-21(22)30/h9,12,19,29H,8,10-11,13-15H2,1-7H3/b18-9-,25-23?,26-12?,27-16?. The number of aliphatic hydroxyl groups is 1. The molecule has 0 saturated heterocycles. The summed E-state index contributed by atoms with van der Waals surface area (Å²) in [4.78, 5) is 37.9. The summed E-state index contributed by atoms with van der Waals surface area (Å²) in [6, 6.07) is -0.642. The smallest absolute Gasteiger partial charge is 0.309 e. The number of unbranched alkanes of at least 4 members (excludes halogenated alkanes) is 1. The topological polar surface area (TPSA) is 101 Å². The molecule has 1 unspecified atom stereocenters. The van der Waals surface area contributed by atoms with E-state index in [-0.39, 0.29) is 28.4 Å². The lowest BCUT2D eigenvalue weighted by atomic mass is 9.75. The quantitative estimate of drug-likeness (QED) is 0.309. The van der Waals surface area contributed by atoms with Gasteiger partial charge in [0.2, 0.25) is 5.90 Å². The normalized spacial score (nSPS) is 19.2. The van der Waals surface area contributed by atoms with Crippen LogP contribution < -0.4 is 0 Å². The van der Waals surface area contributed by atoms with Crippen molar-refractivity contribution in [3.63, 3.8) is 0 Å². The number of Topliss-reactive ketones (excluding diaryl/α,β-unsaturated/α-hetero) is 1. The molecule has 1 aliphatic rings. The SMILES string of the molecule is C/C=C(/CC(N=C(C)C1=C(O)CC(C)(C)CC1=O)C(=NCC)OC(C)=O)N=CCCC. The van der Waals surface area contributed by atoms with Gasteiger partial charge in [0.15, 0.2) is 5.78 Å². The van der Waals surface area contributed by atoms with Gasteiger partial charge in [0.1, 0.15) is 11.8 Å². The Kier molecular flexibility index (Phi) is 10.5. The van der Waals surface area contributed by atoms with Crippen molar-refractivity contribution in [1.29, 1.82) is 0 Å². The van der Waals surface area contributed by atoms with E-state index in [0.717, 1.165) is 18.5 Å². The van der Waals surface area contributed by atoms with Gasteiger partial charge in [-0.3, -0.25) is 24.6 Å². The monoisotopic (exact) mass is 431 g/mol. The van der Waals surface area contributed by atoms with Gasteiger partial charge in [0.25, 0.3) is 0 Å². The molecular formula is C24H37N3O4. The molecular weight excluding hydrogens is 394 g/mol. The minimum absolute atomic E-state index is 0.0509. The Morgan fingerprint density at radius 2 is 1.94 bits per heavy atom. The Hall–Kier alpha value is -2.57. The average molecular weight is 432 g/mol. The van der Waals surface area contributed by atoms with Gasteiger partial charge in [-0.1, -0.05) is 33.3 Å². The second-order valence-electron chi connectivity index (χ2n) is 8.48. The number of ether oxygens (including phenoxy) is 1. The number of carbonyl (C=O) groups is 2. The molecule has 0 fully saturated rings. The molecule has 0 aromatic carbocycles. The number of aliphatic hydroxyl groups excluding tert-OH is 1. The van der Waals surface area contributed by atoms with Crippen LogP contribution in [-0.2, 0) is 14.3 Å². The second-order valence-corrected chi connectivity index (χ2v) is 8.48. The van der Waals surface area contributed by atoms with Crippen molar-refractivity contribution in [3.05, 3.63) is 23.1 Å².